The molecule has 2 aromatic carbocycles. The van der Waals surface area contributed by atoms with Gasteiger partial charge < -0.3 is 29.3 Å². The van der Waals surface area contributed by atoms with Gasteiger partial charge in [0.1, 0.15) is 29.3 Å². The van der Waals surface area contributed by atoms with Crippen molar-refractivity contribution in [1.82, 2.24) is 20.0 Å². The van der Waals surface area contributed by atoms with Crippen LogP contribution in [-0.4, -0.2) is 104 Å². The van der Waals surface area contributed by atoms with E-state index in [1.54, 1.807) is 25.7 Å². The molecule has 3 atom stereocenters. The highest BCUT2D eigenvalue weighted by molar-refractivity contribution is 7.86. The molecule has 3 fully saturated rings. The number of fused-ring (bicyclic) bond motifs is 1. The number of likely N-dealkylation sites (tertiary alicyclic amines) is 2. The molecule has 268 valence electrons. The molecular formula is C37H40N4O9S. The molecule has 1 N–H and O–H groups in total. The van der Waals surface area contributed by atoms with Crippen LogP contribution in [0, 0.1) is 0 Å². The van der Waals surface area contributed by atoms with Crippen molar-refractivity contribution in [3.63, 3.8) is 0 Å². The van der Waals surface area contributed by atoms with Crippen molar-refractivity contribution >= 4 is 40.8 Å². The van der Waals surface area contributed by atoms with Gasteiger partial charge in [-0.1, -0.05) is 73.3 Å². The van der Waals surface area contributed by atoms with E-state index < -0.39 is 58.0 Å². The Kier molecular flexibility index (Phi) is 10.1. The van der Waals surface area contributed by atoms with Crippen LogP contribution in [0.5, 0.6) is 0 Å². The Bertz CT molecular complexity index is 1780. The van der Waals surface area contributed by atoms with E-state index in [0.717, 1.165) is 4.90 Å². The number of esters is 1. The van der Waals surface area contributed by atoms with E-state index in [0.29, 0.717) is 42.8 Å². The highest BCUT2D eigenvalue weighted by Gasteiger charge is 2.58. The summed E-state index contributed by atoms with van der Waals surface area (Å²) in [5.41, 5.74) is 0.996. The van der Waals surface area contributed by atoms with Gasteiger partial charge >= 0.3 is 18.2 Å². The van der Waals surface area contributed by atoms with Gasteiger partial charge in [0.15, 0.2) is 6.10 Å². The van der Waals surface area contributed by atoms with E-state index in [1.165, 1.54) is 17.1 Å². The Balaban J connectivity index is 1.30. The molecule has 6 rings (SSSR count). The zero-order valence-electron chi connectivity index (χ0n) is 28.6. The molecule has 0 aromatic heterocycles. The van der Waals surface area contributed by atoms with Crippen LogP contribution >= 0.6 is 0 Å². The first-order chi connectivity index (χ1) is 24.4. The molecule has 4 amide bonds. The van der Waals surface area contributed by atoms with Crippen LogP contribution in [-0.2, 0) is 39.4 Å². The van der Waals surface area contributed by atoms with E-state index in [4.69, 9.17) is 14.2 Å². The predicted molar refractivity (Wildman–Crippen MR) is 186 cm³/mol. The second-order valence-corrected chi connectivity index (χ2v) is 15.1. The van der Waals surface area contributed by atoms with Crippen molar-refractivity contribution in [2.45, 2.75) is 56.4 Å². The highest BCUT2D eigenvalue weighted by Crippen LogP contribution is 2.39. The van der Waals surface area contributed by atoms with Crippen LogP contribution in [0.15, 0.2) is 96.2 Å². The summed E-state index contributed by atoms with van der Waals surface area (Å²) in [6.45, 7) is 9.68. The Morgan fingerprint density at radius 1 is 1.02 bits per heavy atom. The van der Waals surface area contributed by atoms with Gasteiger partial charge in [-0.25, -0.2) is 14.4 Å². The van der Waals surface area contributed by atoms with Crippen molar-refractivity contribution in [2.75, 3.05) is 32.0 Å². The SMILES string of the molecule is C=CCOC(=O)N1CC(N2CC/C(=C\C3=C(C(=O)OC(c4ccccc4)c4ccccc4)N4C(=O)C(NC(=O)OC(C)(C)C)C4S(=O)C3)C2=O)C1. The van der Waals surface area contributed by atoms with Gasteiger partial charge in [-0.3, -0.25) is 18.7 Å². The molecule has 0 radical (unpaired) electrons. The second-order valence-electron chi connectivity index (χ2n) is 13.6. The smallest absolute Gasteiger partial charge is 0.410 e. The van der Waals surface area contributed by atoms with Gasteiger partial charge in [-0.05, 0) is 50.0 Å². The molecule has 4 aliphatic rings. The zero-order valence-corrected chi connectivity index (χ0v) is 29.4. The van der Waals surface area contributed by atoms with E-state index >= 15 is 0 Å². The number of hydrogen-bond donors (Lipinski definition) is 1. The first-order valence-corrected chi connectivity index (χ1v) is 18.0. The fraction of sp³-hybridized carbons (Fsp3) is 0.378. The minimum atomic E-state index is -1.77. The number of carbonyl (C=O) groups is 5. The van der Waals surface area contributed by atoms with E-state index in [-0.39, 0.29) is 35.6 Å². The lowest BCUT2D eigenvalue weighted by Crippen LogP contribution is -2.73. The number of alkyl carbamates (subject to hydrolysis) is 1. The summed E-state index contributed by atoms with van der Waals surface area (Å²) in [5.74, 6) is -1.95. The van der Waals surface area contributed by atoms with Crippen LogP contribution in [0.2, 0.25) is 0 Å². The van der Waals surface area contributed by atoms with Crippen LogP contribution in [0.1, 0.15) is 44.4 Å². The number of amides is 4. The largest absolute Gasteiger partial charge is 0.448 e. The van der Waals surface area contributed by atoms with E-state index in [2.05, 4.69) is 11.9 Å². The topological polar surface area (TPSA) is 152 Å². The number of hydrogen-bond acceptors (Lipinski definition) is 9. The molecule has 0 bridgehead atoms. The zero-order chi connectivity index (χ0) is 36.4. The highest BCUT2D eigenvalue weighted by atomic mass is 32.2. The summed E-state index contributed by atoms with van der Waals surface area (Å²) in [6.07, 6.45) is 1.17. The number of rotatable bonds is 9. The maximum Gasteiger partial charge on any atom is 0.410 e. The fourth-order valence-corrected chi connectivity index (χ4v) is 8.07. The molecule has 4 aliphatic heterocycles. The second kappa shape index (κ2) is 14.5. The number of ether oxygens (including phenoxy) is 3. The van der Waals surface area contributed by atoms with Crippen molar-refractivity contribution in [1.29, 1.82) is 0 Å². The first kappa shape index (κ1) is 35.6. The maximum atomic E-state index is 14.3. The Morgan fingerprint density at radius 3 is 2.24 bits per heavy atom. The van der Waals surface area contributed by atoms with Gasteiger partial charge in [-0.15, -0.1) is 0 Å². The van der Waals surface area contributed by atoms with Crippen LogP contribution in [0.3, 0.4) is 0 Å². The quantitative estimate of drug-likeness (QED) is 0.135. The summed E-state index contributed by atoms with van der Waals surface area (Å²) >= 11 is 0. The number of allylic oxidation sites excluding steroid dienone is 1. The normalized spacial score (nSPS) is 22.7. The Hall–Kier alpha value is -5.24. The monoisotopic (exact) mass is 716 g/mol. The number of β-lactam (4-membered cyclic amide) rings is 1. The molecule has 0 aliphatic carbocycles. The van der Waals surface area contributed by atoms with Gasteiger partial charge in [-0.2, -0.15) is 0 Å². The minimum Gasteiger partial charge on any atom is -0.448 e. The first-order valence-electron chi connectivity index (χ1n) is 16.6. The van der Waals surface area contributed by atoms with Gasteiger partial charge in [0.25, 0.3) is 5.91 Å². The average molecular weight is 717 g/mol. The lowest BCUT2D eigenvalue weighted by Gasteiger charge is -2.49. The minimum absolute atomic E-state index is 0.0897. The summed E-state index contributed by atoms with van der Waals surface area (Å²) in [6, 6.07) is 16.9. The molecular weight excluding hydrogens is 676 g/mol. The summed E-state index contributed by atoms with van der Waals surface area (Å²) < 4.78 is 30.3. The van der Waals surface area contributed by atoms with Gasteiger partial charge in [0, 0.05) is 25.2 Å². The number of benzene rings is 2. The number of nitrogens with zero attached hydrogens (tertiary/aromatic N) is 3. The van der Waals surface area contributed by atoms with Gasteiger partial charge in [0.05, 0.1) is 22.6 Å². The van der Waals surface area contributed by atoms with Crippen molar-refractivity contribution in [2.24, 2.45) is 0 Å². The Morgan fingerprint density at radius 2 is 1.65 bits per heavy atom. The summed E-state index contributed by atoms with van der Waals surface area (Å²) in [5, 5.41) is 1.46. The van der Waals surface area contributed by atoms with Crippen molar-refractivity contribution in [3.05, 3.63) is 107 Å². The third kappa shape index (κ3) is 7.46. The lowest BCUT2D eigenvalue weighted by atomic mass is 10.00. The molecule has 2 aromatic rings. The van der Waals surface area contributed by atoms with E-state index in [1.807, 2.05) is 60.7 Å². The number of carbonyl (C=O) groups excluding carboxylic acids is 5. The molecule has 13 nitrogen and oxygen atoms in total. The van der Waals surface area contributed by atoms with E-state index in [9.17, 15) is 28.2 Å². The molecule has 3 unspecified atom stereocenters. The summed E-state index contributed by atoms with van der Waals surface area (Å²) in [7, 11) is -1.77. The van der Waals surface area contributed by atoms with Gasteiger partial charge in [0.2, 0.25) is 5.91 Å². The lowest BCUT2D eigenvalue weighted by molar-refractivity contribution is -0.153. The third-order valence-electron chi connectivity index (χ3n) is 8.84. The molecule has 51 heavy (non-hydrogen) atoms. The number of nitrogens with one attached hydrogen (secondary N) is 1. The molecule has 0 spiro atoms. The standard InChI is InChI=1S/C37H40N4O9S/c1-5-18-48-36(46)39-20-27(21-39)40-17-16-25(31(40)42)19-26-22-51(47)33-28(38-35(45)50-37(2,3)4)32(43)41(33)29(26)34(44)49-30(23-12-8-6-9-13-23)24-14-10-7-11-15-24/h5-15,19,27-28,30,33H,1,16-18,20-22H2,2-4H3,(H,38,45)/b25-19+. The Labute approximate surface area is 298 Å². The fourth-order valence-electron chi connectivity index (χ4n) is 6.44. The van der Waals surface area contributed by atoms with Crippen molar-refractivity contribution < 1.29 is 42.4 Å². The van der Waals surface area contributed by atoms with Crippen LogP contribution in [0.4, 0.5) is 9.59 Å². The van der Waals surface area contributed by atoms with Crippen molar-refractivity contribution in [3.8, 4) is 0 Å². The molecule has 4 heterocycles. The summed E-state index contributed by atoms with van der Waals surface area (Å²) in [4.78, 5) is 70.7. The molecule has 3 saturated heterocycles. The maximum absolute atomic E-state index is 14.3. The average Bonchev–Trinajstić information content (AvgIpc) is 3.42. The molecule has 14 heteroatoms. The van der Waals surface area contributed by atoms with Crippen LogP contribution < -0.4 is 5.32 Å². The van der Waals surface area contributed by atoms with Crippen LogP contribution in [0.25, 0.3) is 0 Å². The molecule has 0 saturated carbocycles. The predicted octanol–water partition coefficient (Wildman–Crippen LogP) is 3.56. The third-order valence-corrected chi connectivity index (χ3v) is 10.5.